The van der Waals surface area contributed by atoms with Crippen LogP contribution < -0.4 is 4.90 Å². The number of aryl methyl sites for hydroxylation is 1. The lowest BCUT2D eigenvalue weighted by Crippen LogP contribution is -2.56. The minimum absolute atomic E-state index is 0.0167. The highest BCUT2D eigenvalue weighted by atomic mass is 19.4. The molecule has 1 atom stereocenters. The summed E-state index contributed by atoms with van der Waals surface area (Å²) in [7, 11) is 0. The number of benzene rings is 1. The molecule has 0 aliphatic carbocycles. The van der Waals surface area contributed by atoms with Crippen molar-refractivity contribution in [1.29, 1.82) is 0 Å². The average Bonchev–Trinajstić information content (AvgIpc) is 3.11. The van der Waals surface area contributed by atoms with Crippen LogP contribution in [-0.4, -0.2) is 66.6 Å². The second-order valence-electron chi connectivity index (χ2n) is 7.19. The van der Waals surface area contributed by atoms with Crippen LogP contribution in [0.25, 0.3) is 0 Å². The van der Waals surface area contributed by atoms with Gasteiger partial charge in [-0.1, -0.05) is 12.1 Å². The van der Waals surface area contributed by atoms with Crippen molar-refractivity contribution in [2.75, 3.05) is 37.6 Å². The number of piperazine rings is 1. The molecule has 0 N–H and O–H groups in total. The number of nitrogens with zero attached hydrogens (tertiary/aromatic N) is 3. The summed E-state index contributed by atoms with van der Waals surface area (Å²) in [5.41, 5.74) is 3.50. The number of likely N-dealkylation sites (tertiary alicyclic amines) is 1. The van der Waals surface area contributed by atoms with Crippen LogP contribution >= 0.6 is 0 Å². The van der Waals surface area contributed by atoms with Crippen LogP contribution in [0, 0.1) is 13.8 Å². The lowest BCUT2D eigenvalue weighted by Gasteiger charge is -2.39. The van der Waals surface area contributed by atoms with Crippen molar-refractivity contribution >= 4 is 17.5 Å². The van der Waals surface area contributed by atoms with Gasteiger partial charge >= 0.3 is 12.1 Å². The first kappa shape index (κ1) is 19.5. The predicted molar refractivity (Wildman–Crippen MR) is 95.5 cm³/mol. The molecule has 2 heterocycles. The largest absolute Gasteiger partial charge is 0.471 e. The van der Waals surface area contributed by atoms with Gasteiger partial charge in [0.25, 0.3) is 0 Å². The molecule has 8 heteroatoms. The van der Waals surface area contributed by atoms with Crippen LogP contribution in [0.15, 0.2) is 18.2 Å². The molecule has 2 saturated heterocycles. The number of hydrogen-bond donors (Lipinski definition) is 0. The standard InChI is InChI=1S/C19H24F3N3O2/c1-13-5-3-6-15(14(13)2)23-9-11-24(12-10-23)17(26)16-7-4-8-25(16)18(27)19(20,21)22/h3,5-6,16H,4,7-12H2,1-2H3. The number of alkyl halides is 3. The van der Waals surface area contributed by atoms with E-state index in [1.165, 1.54) is 11.1 Å². The number of carbonyl (C=O) groups excluding carboxylic acids is 2. The molecular formula is C19H24F3N3O2. The number of anilines is 1. The summed E-state index contributed by atoms with van der Waals surface area (Å²) in [5.74, 6) is -2.28. The Kier molecular flexibility index (Phi) is 5.35. The molecule has 0 aromatic heterocycles. The van der Waals surface area contributed by atoms with Crippen LogP contribution in [-0.2, 0) is 9.59 Å². The maximum absolute atomic E-state index is 12.8. The SMILES string of the molecule is Cc1cccc(N2CCN(C(=O)C3CCCN3C(=O)C(F)(F)F)CC2)c1C. The molecule has 148 valence electrons. The quantitative estimate of drug-likeness (QED) is 0.788. The van der Waals surface area contributed by atoms with Crippen molar-refractivity contribution < 1.29 is 22.8 Å². The summed E-state index contributed by atoms with van der Waals surface area (Å²) in [5, 5.41) is 0. The lowest BCUT2D eigenvalue weighted by atomic mass is 10.1. The molecule has 2 amide bonds. The van der Waals surface area contributed by atoms with E-state index in [-0.39, 0.29) is 18.9 Å². The van der Waals surface area contributed by atoms with Gasteiger partial charge in [0, 0.05) is 38.4 Å². The first-order valence-electron chi connectivity index (χ1n) is 9.18. The molecule has 1 aromatic carbocycles. The fourth-order valence-electron chi connectivity index (χ4n) is 3.89. The Balaban J connectivity index is 1.64. The highest BCUT2D eigenvalue weighted by molar-refractivity contribution is 5.90. The van der Waals surface area contributed by atoms with Gasteiger partial charge in [-0.05, 0) is 43.9 Å². The Labute approximate surface area is 156 Å². The number of rotatable bonds is 2. The van der Waals surface area contributed by atoms with Gasteiger partial charge in [0.15, 0.2) is 0 Å². The number of halogens is 3. The van der Waals surface area contributed by atoms with Crippen LogP contribution in [0.4, 0.5) is 18.9 Å². The maximum atomic E-state index is 12.8. The van der Waals surface area contributed by atoms with E-state index in [4.69, 9.17) is 0 Å². The zero-order chi connectivity index (χ0) is 19.8. The average molecular weight is 383 g/mol. The highest BCUT2D eigenvalue weighted by Crippen LogP contribution is 2.28. The third-order valence-corrected chi connectivity index (χ3v) is 5.55. The first-order chi connectivity index (χ1) is 12.7. The molecule has 2 aliphatic rings. The van der Waals surface area contributed by atoms with Gasteiger partial charge in [-0.3, -0.25) is 9.59 Å². The maximum Gasteiger partial charge on any atom is 0.471 e. The smallest absolute Gasteiger partial charge is 0.368 e. The van der Waals surface area contributed by atoms with Crippen molar-refractivity contribution in [3.8, 4) is 0 Å². The molecule has 27 heavy (non-hydrogen) atoms. The Morgan fingerprint density at radius 1 is 1.04 bits per heavy atom. The third kappa shape index (κ3) is 3.89. The summed E-state index contributed by atoms with van der Waals surface area (Å²) in [4.78, 5) is 28.8. The van der Waals surface area contributed by atoms with Gasteiger partial charge in [-0.25, -0.2) is 0 Å². The Hall–Kier alpha value is -2.25. The summed E-state index contributed by atoms with van der Waals surface area (Å²) in [6.45, 7) is 6.21. The predicted octanol–water partition coefficient (Wildman–Crippen LogP) is 2.51. The van der Waals surface area contributed by atoms with Crippen molar-refractivity contribution in [3.63, 3.8) is 0 Å². The van der Waals surface area contributed by atoms with Gasteiger partial charge in [-0.2, -0.15) is 13.2 Å². The molecule has 5 nitrogen and oxygen atoms in total. The fraction of sp³-hybridized carbons (Fsp3) is 0.579. The van der Waals surface area contributed by atoms with E-state index < -0.39 is 18.1 Å². The fourth-order valence-corrected chi connectivity index (χ4v) is 3.89. The molecule has 3 rings (SSSR count). The second kappa shape index (κ2) is 7.40. The summed E-state index contributed by atoms with van der Waals surface area (Å²) < 4.78 is 38.3. The number of hydrogen-bond acceptors (Lipinski definition) is 3. The van der Waals surface area contributed by atoms with Crippen LogP contribution in [0.3, 0.4) is 0 Å². The molecule has 2 aliphatic heterocycles. The van der Waals surface area contributed by atoms with Crippen molar-refractivity contribution in [2.45, 2.75) is 38.9 Å². The van der Waals surface area contributed by atoms with Gasteiger partial charge in [0.1, 0.15) is 6.04 Å². The minimum atomic E-state index is -4.94. The van der Waals surface area contributed by atoms with Crippen molar-refractivity contribution in [3.05, 3.63) is 29.3 Å². The number of amides is 2. The zero-order valence-corrected chi connectivity index (χ0v) is 15.6. The second-order valence-corrected chi connectivity index (χ2v) is 7.19. The van der Waals surface area contributed by atoms with E-state index >= 15 is 0 Å². The lowest BCUT2D eigenvalue weighted by molar-refractivity contribution is -0.187. The Morgan fingerprint density at radius 2 is 1.70 bits per heavy atom. The van der Waals surface area contributed by atoms with E-state index in [0.717, 1.165) is 5.69 Å². The van der Waals surface area contributed by atoms with Crippen LogP contribution in [0.1, 0.15) is 24.0 Å². The van der Waals surface area contributed by atoms with Gasteiger partial charge in [0.2, 0.25) is 5.91 Å². The minimum Gasteiger partial charge on any atom is -0.368 e. The van der Waals surface area contributed by atoms with E-state index in [2.05, 4.69) is 11.8 Å². The molecule has 1 unspecified atom stereocenters. The van der Waals surface area contributed by atoms with Gasteiger partial charge in [0.05, 0.1) is 0 Å². The number of carbonyl (C=O) groups is 2. The van der Waals surface area contributed by atoms with Crippen LogP contribution in [0.2, 0.25) is 0 Å². The zero-order valence-electron chi connectivity index (χ0n) is 15.6. The molecule has 1 aromatic rings. The topological polar surface area (TPSA) is 43.9 Å². The molecule has 0 bridgehead atoms. The van der Waals surface area contributed by atoms with Crippen LogP contribution in [0.5, 0.6) is 0 Å². The normalized spacial score (nSPS) is 20.9. The summed E-state index contributed by atoms with van der Waals surface area (Å²) in [6, 6.07) is 5.09. The molecule has 2 fully saturated rings. The summed E-state index contributed by atoms with van der Waals surface area (Å²) in [6.07, 6.45) is -4.23. The van der Waals surface area contributed by atoms with Gasteiger partial charge < -0.3 is 14.7 Å². The third-order valence-electron chi connectivity index (χ3n) is 5.55. The Bertz CT molecular complexity index is 727. The first-order valence-corrected chi connectivity index (χ1v) is 9.18. The van der Waals surface area contributed by atoms with E-state index in [0.29, 0.717) is 37.5 Å². The van der Waals surface area contributed by atoms with E-state index in [1.54, 1.807) is 4.90 Å². The van der Waals surface area contributed by atoms with Crippen molar-refractivity contribution in [1.82, 2.24) is 9.80 Å². The summed E-state index contributed by atoms with van der Waals surface area (Å²) >= 11 is 0. The van der Waals surface area contributed by atoms with Crippen molar-refractivity contribution in [2.24, 2.45) is 0 Å². The Morgan fingerprint density at radius 3 is 2.33 bits per heavy atom. The van der Waals surface area contributed by atoms with E-state index in [1.807, 2.05) is 25.1 Å². The van der Waals surface area contributed by atoms with Gasteiger partial charge in [-0.15, -0.1) is 0 Å². The molecule has 0 spiro atoms. The highest BCUT2D eigenvalue weighted by Gasteiger charge is 2.48. The van der Waals surface area contributed by atoms with E-state index in [9.17, 15) is 22.8 Å². The monoisotopic (exact) mass is 383 g/mol. The molecule has 0 radical (unpaired) electrons. The molecule has 0 saturated carbocycles. The molecular weight excluding hydrogens is 359 g/mol.